The second-order valence-corrected chi connectivity index (χ2v) is 9.80. The predicted octanol–water partition coefficient (Wildman–Crippen LogP) is 6.50. The molecule has 0 amide bonds. The maximum absolute atomic E-state index is 13.2. The van der Waals surface area contributed by atoms with Gasteiger partial charge in [-0.15, -0.1) is 0 Å². The Morgan fingerprint density at radius 1 is 1.00 bits per heavy atom. The Morgan fingerprint density at radius 2 is 1.74 bits per heavy atom. The lowest BCUT2D eigenvalue weighted by atomic mass is 9.95. The van der Waals surface area contributed by atoms with Crippen molar-refractivity contribution in [1.29, 1.82) is 0 Å². The molecule has 176 valence electrons. The van der Waals surface area contributed by atoms with Crippen molar-refractivity contribution in [3.63, 3.8) is 0 Å². The average Bonchev–Trinajstić information content (AvgIpc) is 2.80. The zero-order chi connectivity index (χ0) is 24.5. The monoisotopic (exact) mass is 458 g/mol. The Kier molecular flexibility index (Phi) is 6.51. The number of rotatable bonds is 5. The number of nitrogens with zero attached hydrogens (tertiary/aromatic N) is 4. The molecule has 0 spiro atoms. The Hall–Kier alpha value is -3.54. The number of hydrogen-bond acceptors (Lipinski definition) is 5. The van der Waals surface area contributed by atoms with Crippen LogP contribution < -0.4 is 4.90 Å². The van der Waals surface area contributed by atoms with E-state index in [0.717, 1.165) is 51.1 Å². The summed E-state index contributed by atoms with van der Waals surface area (Å²) >= 11 is 0. The van der Waals surface area contributed by atoms with E-state index in [0.29, 0.717) is 13.2 Å². The lowest BCUT2D eigenvalue weighted by molar-refractivity contribution is 0.206. The third-order valence-electron chi connectivity index (χ3n) is 5.84. The first-order valence-electron chi connectivity index (χ1n) is 11.4. The zero-order valence-electron chi connectivity index (χ0n) is 20.7. The zero-order valence-corrected chi connectivity index (χ0v) is 20.7. The van der Waals surface area contributed by atoms with Gasteiger partial charge >= 0.3 is 0 Å². The van der Waals surface area contributed by atoms with E-state index in [9.17, 15) is 4.39 Å². The van der Waals surface area contributed by atoms with Crippen molar-refractivity contribution in [3.05, 3.63) is 94.7 Å². The van der Waals surface area contributed by atoms with E-state index < -0.39 is 0 Å². The Morgan fingerprint density at radius 3 is 2.44 bits per heavy atom. The fourth-order valence-corrected chi connectivity index (χ4v) is 3.82. The van der Waals surface area contributed by atoms with Gasteiger partial charge in [-0.25, -0.2) is 14.4 Å². The number of aryl methyl sites for hydroxylation is 1. The van der Waals surface area contributed by atoms with E-state index >= 15 is 0 Å². The van der Waals surface area contributed by atoms with Crippen molar-refractivity contribution < 1.29 is 9.13 Å². The third kappa shape index (κ3) is 5.16. The largest absolute Gasteiger partial charge is 0.489 e. The highest BCUT2D eigenvalue weighted by molar-refractivity contribution is 5.67. The minimum Gasteiger partial charge on any atom is -0.489 e. The summed E-state index contributed by atoms with van der Waals surface area (Å²) in [6.07, 6.45) is 5.76. The minimum absolute atomic E-state index is 0.137. The summed E-state index contributed by atoms with van der Waals surface area (Å²) in [5.74, 6) is 1.41. The normalized spacial score (nSPS) is 14.3. The second kappa shape index (κ2) is 9.37. The highest BCUT2D eigenvalue weighted by Gasteiger charge is 2.22. The van der Waals surface area contributed by atoms with Gasteiger partial charge in [0.25, 0.3) is 0 Å². The van der Waals surface area contributed by atoms with E-state index in [1.165, 1.54) is 12.1 Å². The molecule has 4 rings (SSSR count). The molecule has 0 fully saturated rings. The molecule has 0 saturated carbocycles. The smallest absolute Gasteiger partial charge is 0.134 e. The van der Waals surface area contributed by atoms with E-state index in [2.05, 4.69) is 68.6 Å². The summed E-state index contributed by atoms with van der Waals surface area (Å²) in [7, 11) is 0. The standard InChI is InChI=1S/C28H31FN4O/c1-18-15-31-24(23-11-12-30-27(32-23)28(4,5)6)14-25(18)33-16-19(2)26(13-20(33)3)34-17-21-7-9-22(29)10-8-21/h7-15H,16-17H2,1-6H3. The van der Waals surface area contributed by atoms with E-state index in [-0.39, 0.29) is 11.2 Å². The lowest BCUT2D eigenvalue weighted by Crippen LogP contribution is -2.28. The molecule has 1 aliphatic heterocycles. The number of halogens is 1. The van der Waals surface area contributed by atoms with Gasteiger partial charge < -0.3 is 9.64 Å². The van der Waals surface area contributed by atoms with Crippen molar-refractivity contribution in [2.75, 3.05) is 11.4 Å². The van der Waals surface area contributed by atoms with Gasteiger partial charge in [0, 0.05) is 35.7 Å². The highest BCUT2D eigenvalue weighted by Crippen LogP contribution is 2.32. The fraction of sp³-hybridized carbons (Fsp3) is 0.321. The predicted molar refractivity (Wildman–Crippen MR) is 134 cm³/mol. The molecule has 6 heteroatoms. The van der Waals surface area contributed by atoms with Crippen molar-refractivity contribution in [3.8, 4) is 11.4 Å². The van der Waals surface area contributed by atoms with Crippen molar-refractivity contribution in [2.24, 2.45) is 0 Å². The number of aromatic nitrogens is 3. The molecular formula is C28H31FN4O. The summed E-state index contributed by atoms with van der Waals surface area (Å²) < 4.78 is 19.2. The van der Waals surface area contributed by atoms with Crippen LogP contribution in [-0.2, 0) is 16.8 Å². The molecule has 5 nitrogen and oxygen atoms in total. The highest BCUT2D eigenvalue weighted by atomic mass is 19.1. The topological polar surface area (TPSA) is 51.1 Å². The van der Waals surface area contributed by atoms with Gasteiger partial charge in [0.05, 0.1) is 11.4 Å². The second-order valence-electron chi connectivity index (χ2n) is 9.80. The Balaban J connectivity index is 1.57. The lowest BCUT2D eigenvalue weighted by Gasteiger charge is -2.32. The number of anilines is 1. The van der Waals surface area contributed by atoms with Crippen LogP contribution in [0.2, 0.25) is 0 Å². The Labute approximate surface area is 201 Å². The van der Waals surface area contributed by atoms with Crippen LogP contribution in [0, 0.1) is 12.7 Å². The minimum atomic E-state index is -0.244. The first kappa shape index (κ1) is 23.6. The van der Waals surface area contributed by atoms with E-state index in [1.807, 2.05) is 12.3 Å². The van der Waals surface area contributed by atoms with Gasteiger partial charge in [0.2, 0.25) is 0 Å². The van der Waals surface area contributed by atoms with E-state index in [1.54, 1.807) is 18.3 Å². The van der Waals surface area contributed by atoms with Crippen molar-refractivity contribution in [1.82, 2.24) is 15.0 Å². The molecule has 0 unspecified atom stereocenters. The molecule has 1 aliphatic rings. The van der Waals surface area contributed by atoms with Gasteiger partial charge in [-0.05, 0) is 67.8 Å². The van der Waals surface area contributed by atoms with Crippen LogP contribution in [0.3, 0.4) is 0 Å². The molecule has 0 saturated heterocycles. The maximum Gasteiger partial charge on any atom is 0.134 e. The molecule has 0 bridgehead atoms. The molecule has 34 heavy (non-hydrogen) atoms. The molecule has 1 aromatic carbocycles. The van der Waals surface area contributed by atoms with Crippen molar-refractivity contribution >= 4 is 5.69 Å². The first-order valence-corrected chi connectivity index (χ1v) is 11.4. The third-order valence-corrected chi connectivity index (χ3v) is 5.84. The van der Waals surface area contributed by atoms with Gasteiger partial charge in [-0.3, -0.25) is 4.98 Å². The number of ether oxygens (including phenoxy) is 1. The molecule has 3 aromatic rings. The summed E-state index contributed by atoms with van der Waals surface area (Å²) in [5.41, 5.74) is 6.82. The molecular weight excluding hydrogens is 427 g/mol. The number of hydrogen-bond donors (Lipinski definition) is 0. The average molecular weight is 459 g/mol. The summed E-state index contributed by atoms with van der Waals surface area (Å²) in [6.45, 7) is 13.6. The molecule has 2 aromatic heterocycles. The van der Waals surface area contributed by atoms with Crippen LogP contribution in [0.1, 0.15) is 51.6 Å². The van der Waals surface area contributed by atoms with Crippen LogP contribution in [0.5, 0.6) is 0 Å². The van der Waals surface area contributed by atoms with Crippen LogP contribution in [-0.4, -0.2) is 21.5 Å². The SMILES string of the molecule is CC1=CC(OCc2ccc(F)cc2)=C(C)CN1c1cc(-c2ccnc(C(C)(C)C)n2)ncc1C. The van der Waals surface area contributed by atoms with Crippen LogP contribution in [0.4, 0.5) is 10.1 Å². The molecule has 0 radical (unpaired) electrons. The van der Waals surface area contributed by atoms with Gasteiger partial charge in [0.1, 0.15) is 24.0 Å². The number of allylic oxidation sites excluding steroid dienone is 2. The van der Waals surface area contributed by atoms with E-state index in [4.69, 9.17) is 9.72 Å². The van der Waals surface area contributed by atoms with Gasteiger partial charge in [-0.2, -0.15) is 0 Å². The van der Waals surface area contributed by atoms with Gasteiger partial charge in [0.15, 0.2) is 0 Å². The quantitative estimate of drug-likeness (QED) is 0.437. The summed E-state index contributed by atoms with van der Waals surface area (Å²) in [6, 6.07) is 10.4. The summed E-state index contributed by atoms with van der Waals surface area (Å²) in [5, 5.41) is 0. The van der Waals surface area contributed by atoms with Gasteiger partial charge in [-0.1, -0.05) is 32.9 Å². The molecule has 0 N–H and O–H groups in total. The summed E-state index contributed by atoms with van der Waals surface area (Å²) in [4.78, 5) is 16.1. The fourth-order valence-electron chi connectivity index (χ4n) is 3.82. The number of benzene rings is 1. The molecule has 0 atom stereocenters. The molecule has 3 heterocycles. The van der Waals surface area contributed by atoms with Crippen LogP contribution >= 0.6 is 0 Å². The van der Waals surface area contributed by atoms with Crippen molar-refractivity contribution in [2.45, 2.75) is 53.6 Å². The van der Waals surface area contributed by atoms with Crippen LogP contribution in [0.25, 0.3) is 11.4 Å². The Bertz CT molecular complexity index is 1260. The maximum atomic E-state index is 13.2. The number of pyridine rings is 1. The molecule has 0 aliphatic carbocycles. The first-order chi connectivity index (χ1) is 16.1. The van der Waals surface area contributed by atoms with Crippen LogP contribution in [0.15, 0.2) is 71.9 Å².